The Morgan fingerprint density at radius 2 is 1.69 bits per heavy atom. The fraction of sp³-hybridized carbons (Fsp3) is 0.550. The van der Waals surface area contributed by atoms with Gasteiger partial charge in [-0.05, 0) is 31.9 Å². The molecule has 0 radical (unpaired) electrons. The van der Waals surface area contributed by atoms with E-state index < -0.39 is 11.5 Å². The Bertz CT molecular complexity index is 644. The molecule has 0 aliphatic carbocycles. The summed E-state index contributed by atoms with van der Waals surface area (Å²) in [5, 5.41) is 2.72. The zero-order valence-corrected chi connectivity index (χ0v) is 16.0. The SMILES string of the molecule is C[C@H](OC(=O)C1CCN(C(=O)C(C)(C)C)CC1)C(=O)Nc1ccccc1. The van der Waals surface area contributed by atoms with Gasteiger partial charge in [-0.2, -0.15) is 0 Å². The van der Waals surface area contributed by atoms with E-state index in [9.17, 15) is 14.4 Å². The molecule has 1 atom stereocenters. The van der Waals surface area contributed by atoms with Crippen LogP contribution in [0.3, 0.4) is 0 Å². The van der Waals surface area contributed by atoms with Crippen molar-refractivity contribution in [1.82, 2.24) is 4.90 Å². The Morgan fingerprint density at radius 3 is 2.23 bits per heavy atom. The lowest BCUT2D eigenvalue weighted by molar-refractivity contribution is -0.160. The van der Waals surface area contributed by atoms with E-state index in [1.165, 1.54) is 0 Å². The highest BCUT2D eigenvalue weighted by atomic mass is 16.5. The van der Waals surface area contributed by atoms with E-state index in [4.69, 9.17) is 4.74 Å². The molecule has 0 bridgehead atoms. The number of esters is 1. The summed E-state index contributed by atoms with van der Waals surface area (Å²) in [6.07, 6.45) is 0.262. The number of anilines is 1. The topological polar surface area (TPSA) is 75.7 Å². The van der Waals surface area contributed by atoms with Crippen LogP contribution in [0.2, 0.25) is 0 Å². The molecular weight excluding hydrogens is 332 g/mol. The molecule has 2 amide bonds. The Balaban J connectivity index is 1.81. The van der Waals surface area contributed by atoms with E-state index in [-0.39, 0.29) is 23.7 Å². The minimum absolute atomic E-state index is 0.0972. The molecule has 0 spiro atoms. The van der Waals surface area contributed by atoms with Crippen LogP contribution in [0.15, 0.2) is 30.3 Å². The third-order valence-electron chi connectivity index (χ3n) is 4.46. The van der Waals surface area contributed by atoms with Gasteiger partial charge < -0.3 is 15.0 Å². The van der Waals surface area contributed by atoms with Crippen LogP contribution >= 0.6 is 0 Å². The average Bonchev–Trinajstić information content (AvgIpc) is 2.61. The van der Waals surface area contributed by atoms with Gasteiger partial charge >= 0.3 is 5.97 Å². The average molecular weight is 360 g/mol. The predicted octanol–water partition coefficient (Wildman–Crippen LogP) is 2.84. The highest BCUT2D eigenvalue weighted by molar-refractivity contribution is 5.95. The summed E-state index contributed by atoms with van der Waals surface area (Å²) in [4.78, 5) is 38.6. The summed E-state index contributed by atoms with van der Waals surface area (Å²) in [6, 6.07) is 9.04. The number of nitrogens with zero attached hydrogens (tertiary/aromatic N) is 1. The first kappa shape index (κ1) is 19.9. The van der Waals surface area contributed by atoms with Crippen LogP contribution in [0.25, 0.3) is 0 Å². The summed E-state index contributed by atoms with van der Waals surface area (Å²) in [5.74, 6) is -0.903. The number of rotatable bonds is 4. The number of carbonyl (C=O) groups excluding carboxylic acids is 3. The molecule has 6 heteroatoms. The van der Waals surface area contributed by atoms with Crippen LogP contribution in [-0.2, 0) is 19.1 Å². The van der Waals surface area contributed by atoms with Gasteiger partial charge in [-0.15, -0.1) is 0 Å². The molecule has 0 aromatic heterocycles. The number of nitrogens with one attached hydrogen (secondary N) is 1. The Kier molecular flexibility index (Phi) is 6.40. The van der Waals surface area contributed by atoms with Crippen molar-refractivity contribution in [2.24, 2.45) is 11.3 Å². The molecule has 1 aliphatic rings. The molecule has 1 aromatic rings. The first-order valence-corrected chi connectivity index (χ1v) is 9.04. The van der Waals surface area contributed by atoms with Crippen LogP contribution in [-0.4, -0.2) is 41.9 Å². The van der Waals surface area contributed by atoms with E-state index in [1.807, 2.05) is 39.0 Å². The zero-order chi connectivity index (χ0) is 19.3. The van der Waals surface area contributed by atoms with E-state index in [0.29, 0.717) is 31.6 Å². The molecule has 0 unspecified atom stereocenters. The lowest BCUT2D eigenvalue weighted by atomic mass is 9.91. The molecule has 1 aliphatic heterocycles. The van der Waals surface area contributed by atoms with E-state index in [2.05, 4.69) is 5.32 Å². The highest BCUT2D eigenvalue weighted by Crippen LogP contribution is 2.24. The molecule has 0 saturated carbocycles. The van der Waals surface area contributed by atoms with Gasteiger partial charge in [-0.1, -0.05) is 39.0 Å². The van der Waals surface area contributed by atoms with Crippen molar-refractivity contribution in [1.29, 1.82) is 0 Å². The van der Waals surface area contributed by atoms with Crippen LogP contribution in [0, 0.1) is 11.3 Å². The number of hydrogen-bond acceptors (Lipinski definition) is 4. The van der Waals surface area contributed by atoms with Gasteiger partial charge in [0.25, 0.3) is 5.91 Å². The number of amides is 2. The summed E-state index contributed by atoms with van der Waals surface area (Å²) in [6.45, 7) is 8.32. The van der Waals surface area contributed by atoms with Crippen LogP contribution in [0.4, 0.5) is 5.69 Å². The van der Waals surface area contributed by atoms with Crippen LogP contribution in [0.5, 0.6) is 0 Å². The lowest BCUT2D eigenvalue weighted by Crippen LogP contribution is -2.45. The van der Waals surface area contributed by atoms with Crippen molar-refractivity contribution >= 4 is 23.5 Å². The molecular formula is C20H28N2O4. The number of hydrogen-bond donors (Lipinski definition) is 1. The number of ether oxygens (including phenoxy) is 1. The van der Waals surface area contributed by atoms with Crippen LogP contribution < -0.4 is 5.32 Å². The van der Waals surface area contributed by atoms with Crippen molar-refractivity contribution in [3.05, 3.63) is 30.3 Å². The van der Waals surface area contributed by atoms with Crippen molar-refractivity contribution in [2.45, 2.75) is 46.6 Å². The summed E-state index contributed by atoms with van der Waals surface area (Å²) in [7, 11) is 0. The quantitative estimate of drug-likeness (QED) is 0.838. The van der Waals surface area contributed by atoms with E-state index >= 15 is 0 Å². The first-order chi connectivity index (χ1) is 12.2. The number of para-hydroxylation sites is 1. The zero-order valence-electron chi connectivity index (χ0n) is 16.0. The molecule has 1 aromatic carbocycles. The largest absolute Gasteiger partial charge is 0.452 e. The third kappa shape index (κ3) is 5.31. The summed E-state index contributed by atoms with van der Waals surface area (Å²) in [5.41, 5.74) is 0.242. The van der Waals surface area contributed by atoms with E-state index in [0.717, 1.165) is 0 Å². The van der Waals surface area contributed by atoms with Gasteiger partial charge in [-0.25, -0.2) is 0 Å². The minimum Gasteiger partial charge on any atom is -0.452 e. The predicted molar refractivity (Wildman–Crippen MR) is 99.4 cm³/mol. The first-order valence-electron chi connectivity index (χ1n) is 9.04. The maximum absolute atomic E-state index is 12.3. The molecule has 26 heavy (non-hydrogen) atoms. The number of carbonyl (C=O) groups is 3. The van der Waals surface area contributed by atoms with Gasteiger partial charge in [0.2, 0.25) is 5.91 Å². The number of benzene rings is 1. The standard InChI is InChI=1S/C20H28N2O4/c1-14(17(23)21-16-8-6-5-7-9-16)26-18(24)15-10-12-22(13-11-15)19(25)20(2,3)4/h5-9,14-15H,10-13H2,1-4H3,(H,21,23)/t14-/m0/s1. The van der Waals surface area contributed by atoms with Gasteiger partial charge in [0.1, 0.15) is 0 Å². The smallest absolute Gasteiger partial charge is 0.309 e. The Morgan fingerprint density at radius 1 is 1.12 bits per heavy atom. The lowest BCUT2D eigenvalue weighted by Gasteiger charge is -2.35. The maximum Gasteiger partial charge on any atom is 0.309 e. The highest BCUT2D eigenvalue weighted by Gasteiger charge is 2.33. The molecule has 1 fully saturated rings. The molecule has 142 valence electrons. The maximum atomic E-state index is 12.3. The van der Waals surface area contributed by atoms with Gasteiger partial charge in [0, 0.05) is 24.2 Å². The third-order valence-corrected chi connectivity index (χ3v) is 4.46. The van der Waals surface area contributed by atoms with Crippen LogP contribution in [0.1, 0.15) is 40.5 Å². The second-order valence-corrected chi connectivity index (χ2v) is 7.75. The fourth-order valence-electron chi connectivity index (χ4n) is 2.88. The van der Waals surface area contributed by atoms with Gasteiger partial charge in [0.05, 0.1) is 5.92 Å². The van der Waals surface area contributed by atoms with Crippen molar-refractivity contribution in [2.75, 3.05) is 18.4 Å². The molecule has 1 saturated heterocycles. The van der Waals surface area contributed by atoms with Crippen molar-refractivity contribution in [3.8, 4) is 0 Å². The number of piperidine rings is 1. The van der Waals surface area contributed by atoms with Crippen molar-refractivity contribution in [3.63, 3.8) is 0 Å². The second-order valence-electron chi connectivity index (χ2n) is 7.75. The van der Waals surface area contributed by atoms with Gasteiger partial charge in [-0.3, -0.25) is 14.4 Å². The fourth-order valence-corrected chi connectivity index (χ4v) is 2.88. The minimum atomic E-state index is -0.864. The Hall–Kier alpha value is -2.37. The Labute approximate surface area is 154 Å². The summed E-state index contributed by atoms with van der Waals surface area (Å²) >= 11 is 0. The van der Waals surface area contributed by atoms with E-state index in [1.54, 1.807) is 24.0 Å². The molecule has 1 N–H and O–H groups in total. The monoisotopic (exact) mass is 360 g/mol. The molecule has 2 rings (SSSR count). The normalized spacial score (nSPS) is 16.7. The number of likely N-dealkylation sites (tertiary alicyclic amines) is 1. The molecule has 1 heterocycles. The second kappa shape index (κ2) is 8.34. The summed E-state index contributed by atoms with van der Waals surface area (Å²) < 4.78 is 5.33. The van der Waals surface area contributed by atoms with Crippen molar-refractivity contribution < 1.29 is 19.1 Å². The van der Waals surface area contributed by atoms with Gasteiger partial charge in [0.15, 0.2) is 6.10 Å². The molecule has 6 nitrogen and oxygen atoms in total.